The molecule has 0 spiro atoms. The number of benzene rings is 5. The predicted octanol–water partition coefficient (Wildman–Crippen LogP) is 9.73. The molecule has 0 atom stereocenters. The Morgan fingerprint density at radius 2 is 1.21 bits per heavy atom. The van der Waals surface area contributed by atoms with E-state index < -0.39 is 5.97 Å². The van der Waals surface area contributed by atoms with E-state index in [0.29, 0.717) is 15.8 Å². The monoisotopic (exact) mass is 638 g/mol. The van der Waals surface area contributed by atoms with Gasteiger partial charge in [-0.2, -0.15) is 0 Å². The minimum absolute atomic E-state index is 0.0121. The molecule has 220 valence electrons. The van der Waals surface area contributed by atoms with Gasteiger partial charge in [0.1, 0.15) is 0 Å². The van der Waals surface area contributed by atoms with E-state index in [1.165, 1.54) is 36.4 Å². The van der Waals surface area contributed by atoms with Gasteiger partial charge in [-0.15, -0.1) is 0 Å². The van der Waals surface area contributed by atoms with Gasteiger partial charge in [0.05, 0.1) is 12.5 Å². The van der Waals surface area contributed by atoms with Crippen molar-refractivity contribution in [1.29, 1.82) is 0 Å². The number of ether oxygens (including phenoxy) is 4. The van der Waals surface area contributed by atoms with Crippen LogP contribution in [0.3, 0.4) is 0 Å². The van der Waals surface area contributed by atoms with Crippen molar-refractivity contribution in [2.45, 2.75) is 26.4 Å². The average molecular weight is 640 g/mol. The van der Waals surface area contributed by atoms with Crippen LogP contribution in [-0.4, -0.2) is 22.3 Å². The molecular weight excluding hydrogens is 615 g/mol. The minimum atomic E-state index is -0.601. The lowest BCUT2D eigenvalue weighted by atomic mass is 10.1. The maximum Gasteiger partial charge on any atom is 0.315 e. The zero-order chi connectivity index (χ0) is 30.7. The lowest BCUT2D eigenvalue weighted by molar-refractivity contribution is -0.133. The summed E-state index contributed by atoms with van der Waals surface area (Å²) in [7, 11) is 0. The lowest BCUT2D eigenvalue weighted by Crippen LogP contribution is -2.13. The highest BCUT2D eigenvalue weighted by molar-refractivity contribution is 6.32. The van der Waals surface area contributed by atoms with Gasteiger partial charge in [-0.3, -0.25) is 4.79 Å². The number of hydrogen-bond donors (Lipinski definition) is 2. The van der Waals surface area contributed by atoms with Crippen LogP contribution in [0.4, 0.5) is 0 Å². The summed E-state index contributed by atoms with van der Waals surface area (Å²) in [5.74, 6) is -1.17. The normalized spacial score (nSPS) is 11.0. The summed E-state index contributed by atoms with van der Waals surface area (Å²) in [5, 5.41) is 23.1. The SMILES string of the molecule is CC(C)Oc1c(Oc2ccc(Cl)cc2O)c(Oc2ccc(Cl)cc2O)c(OC(=O)Cc2ccccc2)c2cc(Cl)ccc12. The van der Waals surface area contributed by atoms with Crippen molar-refractivity contribution in [2.24, 2.45) is 0 Å². The molecule has 0 aliphatic rings. The van der Waals surface area contributed by atoms with Crippen molar-refractivity contribution in [1.82, 2.24) is 0 Å². The second kappa shape index (κ2) is 12.9. The number of hydrogen-bond acceptors (Lipinski definition) is 7. The largest absolute Gasteiger partial charge is 0.504 e. The molecular formula is C33H25Cl3O7. The van der Waals surface area contributed by atoms with E-state index in [9.17, 15) is 15.0 Å². The fourth-order valence-corrected chi connectivity index (χ4v) is 4.78. The standard InChI is InChI=1S/C33H25Cl3O7/c1-18(2)40-30-23-11-8-20(34)15-24(23)31(43-29(39)14-19-6-4-3-5-7-19)33(42-28-13-10-22(36)17-26(28)38)32(30)41-27-12-9-21(35)16-25(27)37/h3-13,15-18,37-38H,14H2,1-2H3. The predicted molar refractivity (Wildman–Crippen MR) is 167 cm³/mol. The molecule has 0 aliphatic heterocycles. The number of carbonyl (C=O) groups excluding carboxylic acids is 1. The van der Waals surface area contributed by atoms with Crippen LogP contribution in [0.25, 0.3) is 10.8 Å². The first-order chi connectivity index (χ1) is 20.6. The van der Waals surface area contributed by atoms with Gasteiger partial charge in [0.2, 0.25) is 11.5 Å². The highest BCUT2D eigenvalue weighted by Gasteiger charge is 2.29. The molecule has 10 heteroatoms. The van der Waals surface area contributed by atoms with Crippen molar-refractivity contribution in [3.05, 3.63) is 106 Å². The van der Waals surface area contributed by atoms with Gasteiger partial charge in [0.25, 0.3) is 0 Å². The van der Waals surface area contributed by atoms with Crippen LogP contribution in [0.1, 0.15) is 19.4 Å². The van der Waals surface area contributed by atoms with Gasteiger partial charge in [-0.25, -0.2) is 0 Å². The second-order valence-electron chi connectivity index (χ2n) is 9.74. The number of rotatable bonds is 9. The molecule has 5 aromatic rings. The fraction of sp³-hybridized carbons (Fsp3) is 0.121. The summed E-state index contributed by atoms with van der Waals surface area (Å²) < 4.78 is 24.7. The van der Waals surface area contributed by atoms with Crippen LogP contribution in [0.5, 0.6) is 46.0 Å². The Hall–Kier alpha value is -4.30. The van der Waals surface area contributed by atoms with E-state index in [2.05, 4.69) is 0 Å². The Morgan fingerprint density at radius 1 is 0.674 bits per heavy atom. The van der Waals surface area contributed by atoms with Gasteiger partial charge in [0.15, 0.2) is 34.5 Å². The highest BCUT2D eigenvalue weighted by Crippen LogP contribution is 2.56. The van der Waals surface area contributed by atoms with E-state index in [1.54, 1.807) is 30.3 Å². The number of carbonyl (C=O) groups is 1. The third-order valence-electron chi connectivity index (χ3n) is 6.12. The maximum absolute atomic E-state index is 13.3. The fourth-order valence-electron chi connectivity index (χ4n) is 4.28. The molecule has 0 amide bonds. The Bertz CT molecular complexity index is 1810. The summed E-state index contributed by atoms with van der Waals surface area (Å²) in [6.45, 7) is 3.65. The highest BCUT2D eigenvalue weighted by atomic mass is 35.5. The van der Waals surface area contributed by atoms with E-state index in [0.717, 1.165) is 5.56 Å². The Balaban J connectivity index is 1.78. The van der Waals surface area contributed by atoms with Crippen molar-refractivity contribution in [3.8, 4) is 46.0 Å². The van der Waals surface area contributed by atoms with Gasteiger partial charge in [0, 0.05) is 38.0 Å². The zero-order valence-electron chi connectivity index (χ0n) is 22.9. The molecule has 7 nitrogen and oxygen atoms in total. The van der Waals surface area contributed by atoms with Crippen LogP contribution < -0.4 is 18.9 Å². The molecule has 0 saturated heterocycles. The van der Waals surface area contributed by atoms with Gasteiger partial charge < -0.3 is 29.2 Å². The molecule has 5 aromatic carbocycles. The quantitative estimate of drug-likeness (QED) is 0.122. The average Bonchev–Trinajstić information content (AvgIpc) is 2.95. The molecule has 0 aliphatic carbocycles. The van der Waals surface area contributed by atoms with Crippen LogP contribution in [0.2, 0.25) is 15.1 Å². The molecule has 2 N–H and O–H groups in total. The third-order valence-corrected chi connectivity index (χ3v) is 6.82. The molecule has 0 bridgehead atoms. The van der Waals surface area contributed by atoms with Crippen LogP contribution in [-0.2, 0) is 11.2 Å². The first-order valence-corrected chi connectivity index (χ1v) is 14.3. The number of phenols is 2. The van der Waals surface area contributed by atoms with E-state index in [1.807, 2.05) is 32.0 Å². The Labute approximate surface area is 262 Å². The number of fused-ring (bicyclic) bond motifs is 1. The number of esters is 1. The van der Waals surface area contributed by atoms with Crippen molar-refractivity contribution in [3.63, 3.8) is 0 Å². The van der Waals surface area contributed by atoms with Crippen LogP contribution >= 0.6 is 34.8 Å². The first kappa shape index (κ1) is 30.2. The number of phenolic OH excluding ortho intramolecular Hbond substituents is 2. The van der Waals surface area contributed by atoms with Crippen LogP contribution in [0.15, 0.2) is 84.9 Å². The van der Waals surface area contributed by atoms with Crippen LogP contribution in [0, 0.1) is 0 Å². The van der Waals surface area contributed by atoms with E-state index >= 15 is 0 Å². The molecule has 0 heterocycles. The summed E-state index contributed by atoms with van der Waals surface area (Å²) in [6, 6.07) is 22.6. The molecule has 0 saturated carbocycles. The van der Waals surface area contributed by atoms with Gasteiger partial charge in [-0.05, 0) is 61.9 Å². The molecule has 0 unspecified atom stereocenters. The summed E-state index contributed by atoms with van der Waals surface area (Å²) in [6.07, 6.45) is -0.393. The second-order valence-corrected chi connectivity index (χ2v) is 11.0. The summed E-state index contributed by atoms with van der Waals surface area (Å²) in [5.41, 5.74) is 0.731. The topological polar surface area (TPSA) is 94.5 Å². The third kappa shape index (κ3) is 7.03. The Kier molecular flexibility index (Phi) is 9.06. The number of halogens is 3. The number of aromatic hydroxyl groups is 2. The Morgan fingerprint density at radius 3 is 1.77 bits per heavy atom. The van der Waals surface area contributed by atoms with E-state index in [-0.39, 0.29) is 68.6 Å². The van der Waals surface area contributed by atoms with Gasteiger partial charge in [-0.1, -0.05) is 65.1 Å². The summed E-state index contributed by atoms with van der Waals surface area (Å²) >= 11 is 18.5. The minimum Gasteiger partial charge on any atom is -0.504 e. The lowest BCUT2D eigenvalue weighted by Gasteiger charge is -2.23. The molecule has 5 rings (SSSR count). The van der Waals surface area contributed by atoms with Crippen molar-refractivity contribution >= 4 is 51.5 Å². The van der Waals surface area contributed by atoms with Crippen molar-refractivity contribution < 1.29 is 34.0 Å². The maximum atomic E-state index is 13.3. The molecule has 0 radical (unpaired) electrons. The first-order valence-electron chi connectivity index (χ1n) is 13.1. The smallest absolute Gasteiger partial charge is 0.315 e. The summed E-state index contributed by atoms with van der Waals surface area (Å²) in [4.78, 5) is 13.3. The van der Waals surface area contributed by atoms with E-state index in [4.69, 9.17) is 53.8 Å². The molecule has 0 fully saturated rings. The van der Waals surface area contributed by atoms with Crippen molar-refractivity contribution in [2.75, 3.05) is 0 Å². The molecule has 43 heavy (non-hydrogen) atoms. The van der Waals surface area contributed by atoms with Gasteiger partial charge >= 0.3 is 5.97 Å². The molecule has 0 aromatic heterocycles. The zero-order valence-corrected chi connectivity index (χ0v) is 25.2.